The van der Waals surface area contributed by atoms with Gasteiger partial charge in [-0.1, -0.05) is 72.8 Å². The van der Waals surface area contributed by atoms with Crippen LogP contribution in [0.1, 0.15) is 27.9 Å². The van der Waals surface area contributed by atoms with E-state index in [9.17, 15) is 14.4 Å². The van der Waals surface area contributed by atoms with Gasteiger partial charge in [-0.2, -0.15) is 0 Å². The van der Waals surface area contributed by atoms with Crippen LogP contribution in [-0.4, -0.2) is 33.7 Å². The van der Waals surface area contributed by atoms with Crippen LogP contribution in [-0.2, 0) is 23.8 Å². The van der Waals surface area contributed by atoms with Crippen LogP contribution in [0.3, 0.4) is 0 Å². The van der Waals surface area contributed by atoms with Crippen LogP contribution in [0.2, 0.25) is 0 Å². The number of hydrogen-bond donors (Lipinski definition) is 1. The van der Waals surface area contributed by atoms with Gasteiger partial charge in [-0.15, -0.1) is 0 Å². The van der Waals surface area contributed by atoms with Crippen molar-refractivity contribution in [1.29, 1.82) is 0 Å². The number of amides is 3. The Morgan fingerprint density at radius 3 is 2.47 bits per heavy atom. The highest BCUT2D eigenvalue weighted by atomic mass is 16.2. The molecule has 34 heavy (non-hydrogen) atoms. The SMILES string of the molecule is Cn1c(-c2ccccc2)c(C(=O)CN2C(=O)NC3(CCc4ccccc43)C2=O)c2ccccc21. The summed E-state index contributed by atoms with van der Waals surface area (Å²) in [6.07, 6.45) is 1.22. The average molecular weight is 450 g/mol. The number of aryl methyl sites for hydroxylation is 2. The summed E-state index contributed by atoms with van der Waals surface area (Å²) in [5.74, 6) is -0.611. The fraction of sp³-hybridized carbons (Fsp3) is 0.179. The summed E-state index contributed by atoms with van der Waals surface area (Å²) >= 11 is 0. The lowest BCUT2D eigenvalue weighted by atomic mass is 9.91. The molecule has 1 unspecified atom stereocenters. The molecule has 168 valence electrons. The fourth-order valence-electron chi connectivity index (χ4n) is 5.57. The number of nitrogens with one attached hydrogen (secondary N) is 1. The van der Waals surface area contributed by atoms with Crippen molar-refractivity contribution in [3.8, 4) is 11.3 Å². The molecular formula is C28H23N3O3. The monoisotopic (exact) mass is 449 g/mol. The molecule has 4 aromatic rings. The van der Waals surface area contributed by atoms with Crippen LogP contribution in [0.25, 0.3) is 22.2 Å². The van der Waals surface area contributed by atoms with E-state index in [1.165, 1.54) is 0 Å². The van der Waals surface area contributed by atoms with Crippen molar-refractivity contribution < 1.29 is 14.4 Å². The maximum atomic E-state index is 13.8. The van der Waals surface area contributed by atoms with Crippen molar-refractivity contribution in [2.24, 2.45) is 7.05 Å². The first-order valence-electron chi connectivity index (χ1n) is 11.4. The fourth-order valence-corrected chi connectivity index (χ4v) is 5.57. The largest absolute Gasteiger partial charge is 0.343 e. The molecule has 6 nitrogen and oxygen atoms in total. The number of hydrogen-bond acceptors (Lipinski definition) is 3. The van der Waals surface area contributed by atoms with E-state index >= 15 is 0 Å². The van der Waals surface area contributed by atoms with Crippen LogP contribution >= 0.6 is 0 Å². The molecule has 1 atom stereocenters. The number of imide groups is 1. The third kappa shape index (κ3) is 2.78. The van der Waals surface area contributed by atoms with Crippen LogP contribution in [0, 0.1) is 0 Å². The van der Waals surface area contributed by atoms with E-state index in [0.29, 0.717) is 18.4 Å². The molecule has 1 aliphatic carbocycles. The molecule has 6 heteroatoms. The van der Waals surface area contributed by atoms with Gasteiger partial charge in [-0.3, -0.25) is 14.5 Å². The Hall–Kier alpha value is -4.19. The van der Waals surface area contributed by atoms with Gasteiger partial charge in [-0.25, -0.2) is 4.79 Å². The lowest BCUT2D eigenvalue weighted by Gasteiger charge is -2.22. The topological polar surface area (TPSA) is 71.4 Å². The van der Waals surface area contributed by atoms with E-state index < -0.39 is 11.6 Å². The van der Waals surface area contributed by atoms with Crippen LogP contribution < -0.4 is 5.32 Å². The van der Waals surface area contributed by atoms with Gasteiger partial charge < -0.3 is 9.88 Å². The van der Waals surface area contributed by atoms with Gasteiger partial charge in [0, 0.05) is 18.0 Å². The zero-order valence-corrected chi connectivity index (χ0v) is 18.7. The molecule has 3 amide bonds. The number of carbonyl (C=O) groups is 3. The second-order valence-corrected chi connectivity index (χ2v) is 8.97. The van der Waals surface area contributed by atoms with Crippen molar-refractivity contribution in [3.63, 3.8) is 0 Å². The second-order valence-electron chi connectivity index (χ2n) is 8.97. The molecule has 2 heterocycles. The zero-order chi connectivity index (χ0) is 23.4. The Labute approximate surface area is 196 Å². The van der Waals surface area contributed by atoms with Crippen molar-refractivity contribution in [1.82, 2.24) is 14.8 Å². The standard InChI is InChI=1S/C28H23N3O3/c1-30-22-14-8-6-12-20(22)24(25(30)19-10-3-2-4-11-19)23(32)17-31-26(33)28(29-27(31)34)16-15-18-9-5-7-13-21(18)28/h2-14H,15-17H2,1H3,(H,29,34). The Balaban J connectivity index is 1.41. The predicted octanol–water partition coefficient (Wildman–Crippen LogP) is 4.42. The number of urea groups is 1. The summed E-state index contributed by atoms with van der Waals surface area (Å²) < 4.78 is 2.00. The van der Waals surface area contributed by atoms with E-state index in [0.717, 1.165) is 38.2 Å². The summed E-state index contributed by atoms with van der Waals surface area (Å²) in [5.41, 5.74) is 3.95. The molecule has 1 saturated heterocycles. The molecule has 1 fully saturated rings. The summed E-state index contributed by atoms with van der Waals surface area (Å²) in [6, 6.07) is 24.6. The Morgan fingerprint density at radius 1 is 0.941 bits per heavy atom. The molecule has 2 aliphatic rings. The number of Topliss-reactive ketones (excluding diaryl/α,β-unsaturated/α-hetero) is 1. The molecule has 1 aromatic heterocycles. The number of ketones is 1. The van der Waals surface area contributed by atoms with Crippen LogP contribution in [0.15, 0.2) is 78.9 Å². The summed E-state index contributed by atoms with van der Waals surface area (Å²) in [5, 5.41) is 3.72. The van der Waals surface area contributed by atoms with Gasteiger partial charge in [0.15, 0.2) is 5.78 Å². The van der Waals surface area contributed by atoms with Crippen molar-refractivity contribution in [2.45, 2.75) is 18.4 Å². The van der Waals surface area contributed by atoms with Crippen molar-refractivity contribution in [3.05, 3.63) is 95.6 Å². The maximum Gasteiger partial charge on any atom is 0.325 e. The second kappa shape index (κ2) is 7.42. The van der Waals surface area contributed by atoms with Gasteiger partial charge in [0.25, 0.3) is 5.91 Å². The van der Waals surface area contributed by atoms with Crippen LogP contribution in [0.4, 0.5) is 4.79 Å². The van der Waals surface area contributed by atoms with Gasteiger partial charge >= 0.3 is 6.03 Å². The van der Waals surface area contributed by atoms with Crippen LogP contribution in [0.5, 0.6) is 0 Å². The van der Waals surface area contributed by atoms with Crippen molar-refractivity contribution in [2.75, 3.05) is 6.54 Å². The zero-order valence-electron chi connectivity index (χ0n) is 18.7. The molecule has 1 N–H and O–H groups in total. The number of carbonyl (C=O) groups excluding carboxylic acids is 3. The first-order chi connectivity index (χ1) is 16.5. The lowest BCUT2D eigenvalue weighted by molar-refractivity contribution is -0.131. The minimum absolute atomic E-state index is 0.262. The number of benzene rings is 3. The normalized spacial score (nSPS) is 19.1. The molecule has 0 radical (unpaired) electrons. The molecule has 0 bridgehead atoms. The first-order valence-corrected chi connectivity index (χ1v) is 11.4. The van der Waals surface area contributed by atoms with E-state index in [4.69, 9.17) is 0 Å². The highest BCUT2D eigenvalue weighted by molar-refractivity contribution is 6.18. The number of fused-ring (bicyclic) bond motifs is 3. The highest BCUT2D eigenvalue weighted by Gasteiger charge is 2.55. The third-order valence-electron chi connectivity index (χ3n) is 7.16. The van der Waals surface area contributed by atoms with E-state index in [-0.39, 0.29) is 18.2 Å². The maximum absolute atomic E-state index is 13.8. The molecule has 1 aliphatic heterocycles. The summed E-state index contributed by atoms with van der Waals surface area (Å²) in [4.78, 5) is 41.4. The molecule has 6 rings (SSSR count). The Morgan fingerprint density at radius 2 is 1.65 bits per heavy atom. The Kier molecular flexibility index (Phi) is 4.45. The van der Waals surface area contributed by atoms with Gasteiger partial charge in [0.05, 0.1) is 17.8 Å². The average Bonchev–Trinajstić information content (AvgIpc) is 3.46. The minimum atomic E-state index is -1.07. The number of para-hydroxylation sites is 1. The van der Waals surface area contributed by atoms with E-state index in [2.05, 4.69) is 5.32 Å². The molecular weight excluding hydrogens is 426 g/mol. The lowest BCUT2D eigenvalue weighted by Crippen LogP contribution is -2.42. The summed E-state index contributed by atoms with van der Waals surface area (Å²) in [7, 11) is 1.93. The quantitative estimate of drug-likeness (QED) is 0.370. The first kappa shape index (κ1) is 20.4. The van der Waals surface area contributed by atoms with E-state index in [1.54, 1.807) is 0 Å². The van der Waals surface area contributed by atoms with Gasteiger partial charge in [0.1, 0.15) is 5.54 Å². The number of nitrogens with zero attached hydrogens (tertiary/aromatic N) is 2. The van der Waals surface area contributed by atoms with E-state index in [1.807, 2.05) is 90.5 Å². The molecule has 3 aromatic carbocycles. The molecule has 0 saturated carbocycles. The molecule has 1 spiro atoms. The number of rotatable bonds is 4. The minimum Gasteiger partial charge on any atom is -0.343 e. The predicted molar refractivity (Wildman–Crippen MR) is 129 cm³/mol. The van der Waals surface area contributed by atoms with Gasteiger partial charge in [-0.05, 0) is 35.6 Å². The highest BCUT2D eigenvalue weighted by Crippen LogP contribution is 2.41. The van der Waals surface area contributed by atoms with Crippen molar-refractivity contribution >= 4 is 28.6 Å². The number of aromatic nitrogens is 1. The smallest absolute Gasteiger partial charge is 0.325 e. The Bertz CT molecular complexity index is 1490. The van der Waals surface area contributed by atoms with Gasteiger partial charge in [0.2, 0.25) is 0 Å². The third-order valence-corrected chi connectivity index (χ3v) is 7.16. The summed E-state index contributed by atoms with van der Waals surface area (Å²) in [6.45, 7) is -0.303.